The molecular weight excluding hydrogens is 176 g/mol. The molecule has 1 saturated heterocycles. The van der Waals surface area contributed by atoms with Gasteiger partial charge >= 0.3 is 0 Å². The Morgan fingerprint density at radius 3 is 3.07 bits per heavy atom. The van der Waals surface area contributed by atoms with E-state index in [0.29, 0.717) is 6.10 Å². The average molecular weight is 192 g/mol. The minimum absolute atomic E-state index is 0.310. The Morgan fingerprint density at radius 1 is 1.50 bits per heavy atom. The predicted octanol–water partition coefficient (Wildman–Crippen LogP) is 1.49. The summed E-state index contributed by atoms with van der Waals surface area (Å²) >= 11 is 0. The van der Waals surface area contributed by atoms with Gasteiger partial charge in [0, 0.05) is 24.5 Å². The Balaban J connectivity index is 2.14. The molecule has 14 heavy (non-hydrogen) atoms. The van der Waals surface area contributed by atoms with Gasteiger partial charge in [-0.2, -0.15) is 0 Å². The fourth-order valence-electron chi connectivity index (χ4n) is 1.77. The molecule has 1 heterocycles. The standard InChI is InChI=1S/C11H16N2O/c1-9-8-13(5-6-14-9)11-4-2-3-10(12)7-11/h2-4,7,9H,5-6,8,12H2,1H3. The zero-order valence-corrected chi connectivity index (χ0v) is 8.44. The molecule has 1 atom stereocenters. The molecule has 3 heteroatoms. The summed E-state index contributed by atoms with van der Waals surface area (Å²) < 4.78 is 5.49. The van der Waals surface area contributed by atoms with Crippen molar-refractivity contribution in [3.8, 4) is 0 Å². The van der Waals surface area contributed by atoms with E-state index in [2.05, 4.69) is 17.9 Å². The van der Waals surface area contributed by atoms with Crippen LogP contribution >= 0.6 is 0 Å². The molecule has 1 fully saturated rings. The molecular formula is C11H16N2O. The Labute approximate surface area is 84.5 Å². The van der Waals surface area contributed by atoms with E-state index in [-0.39, 0.29) is 0 Å². The third-order valence-corrected chi connectivity index (χ3v) is 2.48. The summed E-state index contributed by atoms with van der Waals surface area (Å²) in [5.41, 5.74) is 7.76. The van der Waals surface area contributed by atoms with Crippen LogP contribution in [0, 0.1) is 0 Å². The van der Waals surface area contributed by atoms with Crippen molar-refractivity contribution in [1.29, 1.82) is 0 Å². The fourth-order valence-corrected chi connectivity index (χ4v) is 1.77. The van der Waals surface area contributed by atoms with Gasteiger partial charge in [-0.15, -0.1) is 0 Å². The quantitative estimate of drug-likeness (QED) is 0.685. The molecule has 0 aromatic heterocycles. The molecule has 76 valence electrons. The molecule has 0 radical (unpaired) electrons. The van der Waals surface area contributed by atoms with Crippen LogP contribution < -0.4 is 10.6 Å². The van der Waals surface area contributed by atoms with Crippen LogP contribution in [0.2, 0.25) is 0 Å². The Kier molecular flexibility index (Phi) is 2.59. The number of rotatable bonds is 1. The second-order valence-corrected chi connectivity index (χ2v) is 3.72. The van der Waals surface area contributed by atoms with Crippen molar-refractivity contribution >= 4 is 11.4 Å². The van der Waals surface area contributed by atoms with Gasteiger partial charge in [-0.05, 0) is 25.1 Å². The SMILES string of the molecule is CC1CN(c2cccc(N)c2)CCO1. The van der Waals surface area contributed by atoms with Gasteiger partial charge in [0.25, 0.3) is 0 Å². The third-order valence-electron chi connectivity index (χ3n) is 2.48. The van der Waals surface area contributed by atoms with E-state index in [1.54, 1.807) is 0 Å². The normalized spacial score (nSPS) is 22.4. The highest BCUT2D eigenvalue weighted by atomic mass is 16.5. The fraction of sp³-hybridized carbons (Fsp3) is 0.455. The van der Waals surface area contributed by atoms with E-state index in [0.717, 1.165) is 25.4 Å². The molecule has 0 aliphatic carbocycles. The van der Waals surface area contributed by atoms with E-state index in [4.69, 9.17) is 10.5 Å². The van der Waals surface area contributed by atoms with Crippen molar-refractivity contribution in [2.24, 2.45) is 0 Å². The van der Waals surface area contributed by atoms with Gasteiger partial charge in [0.2, 0.25) is 0 Å². The zero-order chi connectivity index (χ0) is 9.97. The number of nitrogens with two attached hydrogens (primary N) is 1. The molecule has 1 aromatic rings. The van der Waals surface area contributed by atoms with Gasteiger partial charge < -0.3 is 15.4 Å². The largest absolute Gasteiger partial charge is 0.399 e. The van der Waals surface area contributed by atoms with Crippen LogP contribution in [0.4, 0.5) is 11.4 Å². The molecule has 1 aliphatic rings. The topological polar surface area (TPSA) is 38.5 Å². The molecule has 3 nitrogen and oxygen atoms in total. The summed E-state index contributed by atoms with van der Waals surface area (Å²) in [5, 5.41) is 0. The monoisotopic (exact) mass is 192 g/mol. The first-order chi connectivity index (χ1) is 6.75. The minimum Gasteiger partial charge on any atom is -0.399 e. The summed E-state index contributed by atoms with van der Waals surface area (Å²) in [7, 11) is 0. The van der Waals surface area contributed by atoms with Gasteiger partial charge in [-0.3, -0.25) is 0 Å². The van der Waals surface area contributed by atoms with Crippen molar-refractivity contribution in [3.63, 3.8) is 0 Å². The molecule has 1 unspecified atom stereocenters. The number of morpholine rings is 1. The van der Waals surface area contributed by atoms with E-state index >= 15 is 0 Å². The summed E-state index contributed by atoms with van der Waals surface area (Å²) in [6.07, 6.45) is 0.310. The Bertz CT molecular complexity index is 314. The average Bonchev–Trinajstić information content (AvgIpc) is 2.18. The summed E-state index contributed by atoms with van der Waals surface area (Å²) in [5.74, 6) is 0. The van der Waals surface area contributed by atoms with E-state index < -0.39 is 0 Å². The van der Waals surface area contributed by atoms with Gasteiger partial charge in [-0.1, -0.05) is 6.07 Å². The van der Waals surface area contributed by atoms with E-state index in [1.807, 2.05) is 18.2 Å². The summed E-state index contributed by atoms with van der Waals surface area (Å²) in [4.78, 5) is 2.31. The first kappa shape index (κ1) is 9.34. The first-order valence-electron chi connectivity index (χ1n) is 4.98. The van der Waals surface area contributed by atoms with Crippen molar-refractivity contribution in [1.82, 2.24) is 0 Å². The number of nitrogens with zero attached hydrogens (tertiary/aromatic N) is 1. The highest BCUT2D eigenvalue weighted by Crippen LogP contribution is 2.19. The van der Waals surface area contributed by atoms with Gasteiger partial charge in [-0.25, -0.2) is 0 Å². The van der Waals surface area contributed by atoms with Gasteiger partial charge in [0.1, 0.15) is 0 Å². The second-order valence-electron chi connectivity index (χ2n) is 3.72. The number of hydrogen-bond donors (Lipinski definition) is 1. The number of ether oxygens (including phenoxy) is 1. The Morgan fingerprint density at radius 2 is 2.36 bits per heavy atom. The maximum absolute atomic E-state index is 5.74. The lowest BCUT2D eigenvalue weighted by Gasteiger charge is -2.33. The van der Waals surface area contributed by atoms with Crippen LogP contribution in [-0.4, -0.2) is 25.8 Å². The lowest BCUT2D eigenvalue weighted by Crippen LogP contribution is -2.41. The molecule has 2 rings (SSSR count). The number of benzene rings is 1. The van der Waals surface area contributed by atoms with Crippen molar-refractivity contribution in [3.05, 3.63) is 24.3 Å². The zero-order valence-electron chi connectivity index (χ0n) is 8.44. The minimum atomic E-state index is 0.310. The van der Waals surface area contributed by atoms with Crippen LogP contribution in [-0.2, 0) is 4.74 Å². The summed E-state index contributed by atoms with van der Waals surface area (Å²) in [6.45, 7) is 4.80. The van der Waals surface area contributed by atoms with Gasteiger partial charge in [0.15, 0.2) is 0 Å². The Hall–Kier alpha value is -1.22. The van der Waals surface area contributed by atoms with Crippen molar-refractivity contribution < 1.29 is 4.74 Å². The molecule has 1 aromatic carbocycles. The molecule has 0 saturated carbocycles. The summed E-state index contributed by atoms with van der Waals surface area (Å²) in [6, 6.07) is 8.00. The maximum atomic E-state index is 5.74. The highest BCUT2D eigenvalue weighted by Gasteiger charge is 2.16. The second kappa shape index (κ2) is 3.88. The lowest BCUT2D eigenvalue weighted by molar-refractivity contribution is 0.0532. The number of anilines is 2. The van der Waals surface area contributed by atoms with Crippen LogP contribution in [0.25, 0.3) is 0 Å². The van der Waals surface area contributed by atoms with Crippen LogP contribution in [0.5, 0.6) is 0 Å². The van der Waals surface area contributed by atoms with Crippen LogP contribution in [0.15, 0.2) is 24.3 Å². The lowest BCUT2D eigenvalue weighted by atomic mass is 10.2. The predicted molar refractivity (Wildman–Crippen MR) is 58.5 cm³/mol. The van der Waals surface area contributed by atoms with E-state index in [9.17, 15) is 0 Å². The molecule has 0 spiro atoms. The van der Waals surface area contributed by atoms with Crippen molar-refractivity contribution in [2.75, 3.05) is 30.3 Å². The molecule has 0 bridgehead atoms. The molecule has 0 amide bonds. The molecule has 1 aliphatic heterocycles. The number of nitrogen functional groups attached to an aromatic ring is 1. The smallest absolute Gasteiger partial charge is 0.0722 e. The van der Waals surface area contributed by atoms with Crippen LogP contribution in [0.1, 0.15) is 6.92 Å². The van der Waals surface area contributed by atoms with Gasteiger partial charge in [0.05, 0.1) is 12.7 Å². The first-order valence-corrected chi connectivity index (χ1v) is 4.98. The van der Waals surface area contributed by atoms with Crippen LogP contribution in [0.3, 0.4) is 0 Å². The third kappa shape index (κ3) is 1.99. The van der Waals surface area contributed by atoms with Crippen molar-refractivity contribution in [2.45, 2.75) is 13.0 Å². The highest BCUT2D eigenvalue weighted by molar-refractivity contribution is 5.56. The van der Waals surface area contributed by atoms with E-state index in [1.165, 1.54) is 5.69 Å². The molecule has 2 N–H and O–H groups in total. The maximum Gasteiger partial charge on any atom is 0.0722 e. The number of hydrogen-bond acceptors (Lipinski definition) is 3.